The topological polar surface area (TPSA) is 92.5 Å². The second-order valence-corrected chi connectivity index (χ2v) is 8.15. The third-order valence-electron chi connectivity index (χ3n) is 5.61. The van der Waals surface area contributed by atoms with Crippen LogP contribution in [0.1, 0.15) is 31.2 Å². The molecule has 1 amide bonds. The average molecular weight is 440 g/mol. The molecule has 0 saturated carbocycles. The van der Waals surface area contributed by atoms with Crippen LogP contribution in [0.15, 0.2) is 52.7 Å². The summed E-state index contributed by atoms with van der Waals surface area (Å²) in [6.45, 7) is 7.65. The first kappa shape index (κ1) is 22.1. The lowest BCUT2D eigenvalue weighted by Gasteiger charge is -2.30. The number of nitrogens with zero attached hydrogens (tertiary/aromatic N) is 2. The molecule has 8 nitrogen and oxygen atoms in total. The Morgan fingerprint density at radius 3 is 2.47 bits per heavy atom. The second-order valence-electron chi connectivity index (χ2n) is 8.15. The van der Waals surface area contributed by atoms with Gasteiger partial charge in [0, 0.05) is 31.7 Å². The molecule has 8 heteroatoms. The number of amides is 1. The van der Waals surface area contributed by atoms with E-state index in [0.29, 0.717) is 43.4 Å². The van der Waals surface area contributed by atoms with Gasteiger partial charge >= 0.3 is 0 Å². The van der Waals surface area contributed by atoms with E-state index in [1.165, 1.54) is 11.2 Å². The van der Waals surface area contributed by atoms with E-state index in [0.717, 1.165) is 13.1 Å². The smallest absolute Gasteiger partial charge is 0.295 e. The maximum Gasteiger partial charge on any atom is 0.295 e. The second kappa shape index (κ2) is 9.58. The number of carbonyl (C=O) groups excluding carboxylic acids is 2. The quantitative estimate of drug-likeness (QED) is 0.402. The third kappa shape index (κ3) is 4.56. The van der Waals surface area contributed by atoms with Gasteiger partial charge in [-0.1, -0.05) is 0 Å². The minimum atomic E-state index is -0.780. The highest BCUT2D eigenvalue weighted by Crippen LogP contribution is 2.39. The lowest BCUT2D eigenvalue weighted by Crippen LogP contribution is -2.42. The van der Waals surface area contributed by atoms with E-state index in [9.17, 15) is 14.7 Å². The Labute approximate surface area is 187 Å². The number of hydrogen-bond donors (Lipinski definition) is 1. The van der Waals surface area contributed by atoms with Crippen LogP contribution in [0.5, 0.6) is 5.75 Å². The molecule has 1 N–H and O–H groups in total. The van der Waals surface area contributed by atoms with Crippen molar-refractivity contribution >= 4 is 17.4 Å². The highest BCUT2D eigenvalue weighted by Gasteiger charge is 2.47. The number of ether oxygens (including phenoxy) is 2. The number of benzene rings is 1. The number of ketones is 1. The molecule has 1 aromatic heterocycles. The summed E-state index contributed by atoms with van der Waals surface area (Å²) >= 11 is 0. The molecule has 2 aliphatic heterocycles. The predicted molar refractivity (Wildman–Crippen MR) is 117 cm³/mol. The zero-order chi connectivity index (χ0) is 22.7. The van der Waals surface area contributed by atoms with Gasteiger partial charge in [0.25, 0.3) is 11.7 Å². The first-order valence-corrected chi connectivity index (χ1v) is 10.8. The molecule has 1 atom stereocenters. The van der Waals surface area contributed by atoms with Crippen LogP contribution in [-0.4, -0.2) is 72.1 Å². The van der Waals surface area contributed by atoms with Crippen LogP contribution < -0.4 is 4.74 Å². The molecule has 0 bridgehead atoms. The van der Waals surface area contributed by atoms with Crippen molar-refractivity contribution in [2.24, 2.45) is 0 Å². The number of aliphatic hydroxyl groups is 1. The van der Waals surface area contributed by atoms with Crippen LogP contribution in [0.25, 0.3) is 5.76 Å². The fourth-order valence-electron chi connectivity index (χ4n) is 4.05. The van der Waals surface area contributed by atoms with Gasteiger partial charge in [-0.2, -0.15) is 0 Å². The third-order valence-corrected chi connectivity index (χ3v) is 5.61. The summed E-state index contributed by atoms with van der Waals surface area (Å²) in [6, 6.07) is 9.44. The molecule has 0 spiro atoms. The molecule has 2 fully saturated rings. The van der Waals surface area contributed by atoms with E-state index in [1.807, 2.05) is 13.8 Å². The number of rotatable bonds is 7. The van der Waals surface area contributed by atoms with Crippen molar-refractivity contribution in [3.63, 3.8) is 0 Å². The summed E-state index contributed by atoms with van der Waals surface area (Å²) in [6.07, 6.45) is 1.51. The average Bonchev–Trinajstić information content (AvgIpc) is 3.40. The standard InChI is InChI=1S/C24H28N2O6/c1-16(2)32-18-7-5-17(6-8-18)22(27)20-21(19-4-3-13-31-19)26(24(29)23(20)28)10-9-25-11-14-30-15-12-25/h3-8,13,16,21,27H,9-12,14-15H2,1-2H3/b22-20+. The summed E-state index contributed by atoms with van der Waals surface area (Å²) in [5.74, 6) is -0.485. The van der Waals surface area contributed by atoms with Crippen LogP contribution in [0, 0.1) is 0 Å². The monoisotopic (exact) mass is 440 g/mol. The summed E-state index contributed by atoms with van der Waals surface area (Å²) in [5.41, 5.74) is 0.466. The maximum absolute atomic E-state index is 13.0. The van der Waals surface area contributed by atoms with Gasteiger partial charge < -0.3 is 23.9 Å². The molecule has 2 saturated heterocycles. The number of morpholine rings is 1. The van der Waals surface area contributed by atoms with Crippen LogP contribution in [-0.2, 0) is 14.3 Å². The first-order chi connectivity index (χ1) is 15.5. The number of furan rings is 1. The molecule has 0 aliphatic carbocycles. The van der Waals surface area contributed by atoms with E-state index in [4.69, 9.17) is 13.9 Å². The number of aliphatic hydroxyl groups excluding tert-OH is 1. The summed E-state index contributed by atoms with van der Waals surface area (Å²) < 4.78 is 16.6. The van der Waals surface area contributed by atoms with Crippen LogP contribution in [0.3, 0.4) is 0 Å². The fourth-order valence-corrected chi connectivity index (χ4v) is 4.05. The van der Waals surface area contributed by atoms with Gasteiger partial charge in [-0.25, -0.2) is 0 Å². The van der Waals surface area contributed by atoms with Gasteiger partial charge in [-0.3, -0.25) is 14.5 Å². The van der Waals surface area contributed by atoms with Crippen molar-refractivity contribution in [1.82, 2.24) is 9.80 Å². The zero-order valence-electron chi connectivity index (χ0n) is 18.3. The Hall–Kier alpha value is -3.10. The Morgan fingerprint density at radius 2 is 1.84 bits per heavy atom. The van der Waals surface area contributed by atoms with Crippen molar-refractivity contribution in [3.05, 3.63) is 59.6 Å². The normalized spacial score (nSPS) is 21.5. The first-order valence-electron chi connectivity index (χ1n) is 10.8. The summed E-state index contributed by atoms with van der Waals surface area (Å²) in [7, 11) is 0. The summed E-state index contributed by atoms with van der Waals surface area (Å²) in [4.78, 5) is 29.6. The molecular formula is C24H28N2O6. The lowest BCUT2D eigenvalue weighted by molar-refractivity contribution is -0.140. The van der Waals surface area contributed by atoms with E-state index >= 15 is 0 Å². The van der Waals surface area contributed by atoms with Crippen LogP contribution in [0.2, 0.25) is 0 Å². The zero-order valence-corrected chi connectivity index (χ0v) is 18.3. The molecule has 1 unspecified atom stereocenters. The van der Waals surface area contributed by atoms with Crippen LogP contribution >= 0.6 is 0 Å². The van der Waals surface area contributed by atoms with Crippen molar-refractivity contribution in [2.45, 2.75) is 26.0 Å². The Morgan fingerprint density at radius 1 is 1.12 bits per heavy atom. The number of hydrogen-bond acceptors (Lipinski definition) is 7. The molecule has 1 aromatic carbocycles. The summed E-state index contributed by atoms with van der Waals surface area (Å²) in [5, 5.41) is 11.1. The van der Waals surface area contributed by atoms with Crippen molar-refractivity contribution in [2.75, 3.05) is 39.4 Å². The van der Waals surface area contributed by atoms with Gasteiger partial charge in [-0.15, -0.1) is 0 Å². The van der Waals surface area contributed by atoms with E-state index in [1.54, 1.807) is 36.4 Å². The molecule has 32 heavy (non-hydrogen) atoms. The minimum absolute atomic E-state index is 0.0187. The van der Waals surface area contributed by atoms with Crippen molar-refractivity contribution in [3.8, 4) is 5.75 Å². The molecule has 2 aliphatic rings. The van der Waals surface area contributed by atoms with Gasteiger partial charge in [0.05, 0.1) is 31.2 Å². The number of likely N-dealkylation sites (tertiary alicyclic amines) is 1. The van der Waals surface area contributed by atoms with E-state index in [2.05, 4.69) is 4.90 Å². The molecule has 2 aromatic rings. The minimum Gasteiger partial charge on any atom is -0.507 e. The van der Waals surface area contributed by atoms with Crippen molar-refractivity contribution < 1.29 is 28.6 Å². The van der Waals surface area contributed by atoms with E-state index < -0.39 is 17.7 Å². The van der Waals surface area contributed by atoms with Gasteiger partial charge in [-0.05, 0) is 50.2 Å². The highest BCUT2D eigenvalue weighted by atomic mass is 16.5. The van der Waals surface area contributed by atoms with Gasteiger partial charge in [0.1, 0.15) is 23.3 Å². The number of Topliss-reactive ketones (excluding diaryl/α,β-unsaturated/α-hetero) is 1. The van der Waals surface area contributed by atoms with Gasteiger partial charge in [0.2, 0.25) is 0 Å². The Balaban J connectivity index is 1.64. The molecule has 0 radical (unpaired) electrons. The molecule has 3 heterocycles. The molecule has 4 rings (SSSR count). The maximum atomic E-state index is 13.0. The molecular weight excluding hydrogens is 412 g/mol. The largest absolute Gasteiger partial charge is 0.507 e. The van der Waals surface area contributed by atoms with Gasteiger partial charge in [0.15, 0.2) is 0 Å². The van der Waals surface area contributed by atoms with Crippen molar-refractivity contribution in [1.29, 1.82) is 0 Å². The molecule has 170 valence electrons. The Kier molecular flexibility index (Phi) is 6.62. The predicted octanol–water partition coefficient (Wildman–Crippen LogP) is 2.82. The Bertz CT molecular complexity index is 974. The van der Waals surface area contributed by atoms with Crippen LogP contribution in [0.4, 0.5) is 0 Å². The van der Waals surface area contributed by atoms with E-state index in [-0.39, 0.29) is 17.4 Å². The highest BCUT2D eigenvalue weighted by molar-refractivity contribution is 6.46. The number of carbonyl (C=O) groups is 2. The lowest BCUT2D eigenvalue weighted by atomic mass is 9.99. The SMILES string of the molecule is CC(C)Oc1ccc(/C(O)=C2\C(=O)C(=O)N(CCN3CCOCC3)C2c2ccco2)cc1. The fraction of sp³-hybridized carbons (Fsp3) is 0.417.